The number of carbonyl (C=O) groups is 4. The van der Waals surface area contributed by atoms with Gasteiger partial charge in [0.05, 0.1) is 0 Å². The van der Waals surface area contributed by atoms with Crippen molar-refractivity contribution >= 4 is 58.6 Å². The molecule has 0 aromatic carbocycles. The summed E-state index contributed by atoms with van der Waals surface area (Å²) in [4.78, 5) is 55.8. The van der Waals surface area contributed by atoms with Gasteiger partial charge >= 0.3 is 5.97 Å². The number of fused-ring (bicyclic) bond motifs is 1. The van der Waals surface area contributed by atoms with Crippen LogP contribution in [-0.2, 0) is 30.6 Å². The van der Waals surface area contributed by atoms with Crippen LogP contribution in [0, 0.1) is 11.5 Å². The van der Waals surface area contributed by atoms with Crippen LogP contribution in [-0.4, -0.2) is 63.2 Å². The lowest BCUT2D eigenvalue weighted by molar-refractivity contribution is -0.689. The van der Waals surface area contributed by atoms with E-state index in [-0.39, 0.29) is 18.0 Å². The van der Waals surface area contributed by atoms with Gasteiger partial charge in [-0.3, -0.25) is 24.6 Å². The number of β-lactam (4-membered cyclic amide) rings is 1. The van der Waals surface area contributed by atoms with Crippen molar-refractivity contribution in [3.05, 3.63) is 58.2 Å². The van der Waals surface area contributed by atoms with Gasteiger partial charge in [0.15, 0.2) is 25.1 Å². The minimum Gasteiger partial charge on any atom is -0.477 e. The molecule has 3 amide bonds. The zero-order valence-corrected chi connectivity index (χ0v) is 23.1. The van der Waals surface area contributed by atoms with Crippen LogP contribution in [0.4, 0.5) is 0 Å². The van der Waals surface area contributed by atoms with Gasteiger partial charge in [0, 0.05) is 34.4 Å². The third-order valence-corrected chi connectivity index (χ3v) is 8.23. The predicted molar refractivity (Wildman–Crippen MR) is 147 cm³/mol. The minimum atomic E-state index is -1.20. The molecule has 0 radical (unpaired) electrons. The van der Waals surface area contributed by atoms with Crippen LogP contribution in [0.1, 0.15) is 18.7 Å². The van der Waals surface area contributed by atoms with E-state index >= 15 is 0 Å². The van der Waals surface area contributed by atoms with E-state index in [1.54, 1.807) is 19.2 Å². The molecule has 12 nitrogen and oxygen atoms in total. The molecule has 0 saturated carbocycles. The molecule has 3 N–H and O–H groups in total. The summed E-state index contributed by atoms with van der Waals surface area (Å²) < 4.78 is 1.83. The molecule has 0 bridgehead atoms. The average molecular weight is 582 g/mol. The number of amides is 3. The number of nitriles is 1. The number of carboxylic acid groups (broad SMARTS) is 1. The molecule has 2 aliphatic rings. The second-order valence-corrected chi connectivity index (χ2v) is 10.7. The van der Waals surface area contributed by atoms with Crippen molar-refractivity contribution in [2.24, 2.45) is 5.16 Å². The summed E-state index contributed by atoms with van der Waals surface area (Å²) >= 11 is 2.84. The first-order valence-corrected chi connectivity index (χ1v) is 14.0. The number of hydrogen-bond acceptors (Lipinski definition) is 9. The van der Waals surface area contributed by atoms with Crippen molar-refractivity contribution in [3.8, 4) is 17.3 Å². The smallest absolute Gasteiger partial charge is 0.352 e. The van der Waals surface area contributed by atoms with Gasteiger partial charge in [-0.25, -0.2) is 9.36 Å². The van der Waals surface area contributed by atoms with E-state index in [1.807, 2.05) is 45.9 Å². The maximum Gasteiger partial charge on any atom is 0.352 e. The molecular weight excluding hydrogens is 556 g/mol. The highest BCUT2D eigenvalue weighted by atomic mass is 32.2. The van der Waals surface area contributed by atoms with Gasteiger partial charge in [-0.05, 0) is 42.5 Å². The van der Waals surface area contributed by atoms with E-state index in [4.69, 9.17) is 10.1 Å². The van der Waals surface area contributed by atoms with E-state index in [9.17, 15) is 24.3 Å². The number of aromatic nitrogens is 1. The molecule has 4 heterocycles. The molecule has 2 atom stereocenters. The number of carboxylic acids is 1. The third kappa shape index (κ3) is 6.22. The number of nitrogens with one attached hydrogen (secondary N) is 2. The van der Waals surface area contributed by atoms with E-state index in [1.165, 1.54) is 41.0 Å². The standard InChI is InChI=1S/C26H24N6O6S2/c1-3-38-30-15(2)23(34)29-21-24(35)32-22(26(36)37)18(13-40-25(21)32)11-31-8-6-16(7-9-31)17-10-19(39-12-17)4-5-20(33)28-14-27/h4-10,12,21,25H,3,11,13H2,1-2H3,(H2-,28,29,33,34,36,37)/p+1/b5-4-,30-15?. The largest absolute Gasteiger partial charge is 0.477 e. The molecule has 40 heavy (non-hydrogen) atoms. The number of oxime groups is 1. The van der Waals surface area contributed by atoms with E-state index in [0.717, 1.165) is 16.0 Å². The summed E-state index contributed by atoms with van der Waals surface area (Å²) in [5.41, 5.74) is 2.46. The maximum absolute atomic E-state index is 12.9. The third-order valence-electron chi connectivity index (χ3n) is 5.99. The molecule has 206 valence electrons. The number of carbonyl (C=O) groups excluding carboxylic acids is 3. The van der Waals surface area contributed by atoms with Crippen molar-refractivity contribution in [2.75, 3.05) is 12.4 Å². The monoisotopic (exact) mass is 581 g/mol. The molecule has 0 spiro atoms. The maximum atomic E-state index is 12.9. The van der Waals surface area contributed by atoms with Crippen LogP contribution in [0.3, 0.4) is 0 Å². The molecule has 4 rings (SSSR count). The summed E-state index contributed by atoms with van der Waals surface area (Å²) in [5.74, 6) is -2.36. The number of pyridine rings is 1. The highest BCUT2D eigenvalue weighted by molar-refractivity contribution is 8.00. The van der Waals surface area contributed by atoms with Gasteiger partial charge in [-0.15, -0.1) is 23.1 Å². The quantitative estimate of drug-likeness (QED) is 0.0722. The summed E-state index contributed by atoms with van der Waals surface area (Å²) in [6.07, 6.45) is 8.14. The molecular formula is C26H25N6O6S2+. The first-order chi connectivity index (χ1) is 19.2. The number of thiophene rings is 1. The molecule has 2 aliphatic heterocycles. The zero-order valence-electron chi connectivity index (χ0n) is 21.5. The van der Waals surface area contributed by atoms with Crippen molar-refractivity contribution in [3.63, 3.8) is 0 Å². The fourth-order valence-electron chi connectivity index (χ4n) is 4.08. The topological polar surface area (TPSA) is 165 Å². The number of aliphatic carboxylic acids is 1. The van der Waals surface area contributed by atoms with Crippen LogP contribution in [0.15, 0.2) is 58.5 Å². The Morgan fingerprint density at radius 2 is 2.08 bits per heavy atom. The molecule has 1 saturated heterocycles. The molecule has 1 fully saturated rings. The van der Waals surface area contributed by atoms with Crippen LogP contribution >= 0.6 is 23.1 Å². The number of rotatable bonds is 10. The Morgan fingerprint density at radius 1 is 1.32 bits per heavy atom. The highest BCUT2D eigenvalue weighted by Crippen LogP contribution is 2.40. The Morgan fingerprint density at radius 3 is 2.75 bits per heavy atom. The van der Waals surface area contributed by atoms with Gasteiger partial charge in [-0.2, -0.15) is 5.26 Å². The van der Waals surface area contributed by atoms with Crippen molar-refractivity contribution in [1.82, 2.24) is 15.5 Å². The Balaban J connectivity index is 1.44. The van der Waals surface area contributed by atoms with Gasteiger partial charge in [0.1, 0.15) is 29.4 Å². The fourth-order valence-corrected chi connectivity index (χ4v) is 6.22. The zero-order chi connectivity index (χ0) is 28.8. The Hall–Kier alpha value is -4.48. The van der Waals surface area contributed by atoms with E-state index < -0.39 is 35.1 Å². The second kappa shape index (κ2) is 12.6. The lowest BCUT2D eigenvalue weighted by Gasteiger charge is -2.49. The van der Waals surface area contributed by atoms with E-state index in [0.29, 0.717) is 17.9 Å². The molecule has 2 aromatic rings. The number of hydrogen-bond donors (Lipinski definition) is 3. The fraction of sp³-hybridized carbons (Fsp3) is 0.269. The summed E-state index contributed by atoms with van der Waals surface area (Å²) in [7, 11) is 0. The number of thioether (sulfide) groups is 1. The minimum absolute atomic E-state index is 0.0646. The average Bonchev–Trinajstić information content (AvgIpc) is 3.42. The van der Waals surface area contributed by atoms with Crippen molar-refractivity contribution in [2.45, 2.75) is 31.8 Å². The second-order valence-electron chi connectivity index (χ2n) is 8.64. The SMILES string of the molecule is CCON=C(C)C(=O)NC1C(=O)N2C(C(=O)O)=C(C[n+]3ccc(-c4csc(/C=C\C(=O)NC#N)c4)cc3)CSC12. The summed E-state index contributed by atoms with van der Waals surface area (Å²) in [6.45, 7) is 3.77. The predicted octanol–water partition coefficient (Wildman–Crippen LogP) is 1.46. The highest BCUT2D eigenvalue weighted by Gasteiger charge is 2.54. The van der Waals surface area contributed by atoms with Crippen molar-refractivity contribution < 1.29 is 33.7 Å². The summed E-state index contributed by atoms with van der Waals surface area (Å²) in [6, 6.07) is 4.85. The van der Waals surface area contributed by atoms with Gasteiger partial charge in [0.2, 0.25) is 0 Å². The normalized spacial score (nSPS) is 18.6. The molecule has 2 unspecified atom stereocenters. The molecule has 0 aliphatic carbocycles. The van der Waals surface area contributed by atoms with Gasteiger partial charge in [-0.1, -0.05) is 5.16 Å². The first kappa shape index (κ1) is 28.5. The van der Waals surface area contributed by atoms with Gasteiger partial charge < -0.3 is 15.3 Å². The van der Waals surface area contributed by atoms with Crippen LogP contribution in [0.25, 0.3) is 17.2 Å². The van der Waals surface area contributed by atoms with Crippen LogP contribution in [0.2, 0.25) is 0 Å². The Bertz CT molecular complexity index is 1470. The molecule has 14 heteroatoms. The van der Waals surface area contributed by atoms with Crippen LogP contribution in [0.5, 0.6) is 0 Å². The number of nitrogens with zero attached hydrogens (tertiary/aromatic N) is 4. The Labute approximate surface area is 237 Å². The summed E-state index contributed by atoms with van der Waals surface area (Å²) in [5, 5.41) is 28.2. The van der Waals surface area contributed by atoms with Crippen LogP contribution < -0.4 is 15.2 Å². The lowest BCUT2D eigenvalue weighted by atomic mass is 10.0. The van der Waals surface area contributed by atoms with Gasteiger partial charge in [0.25, 0.3) is 17.7 Å². The van der Waals surface area contributed by atoms with E-state index in [2.05, 4.69) is 10.5 Å². The lowest BCUT2D eigenvalue weighted by Crippen LogP contribution is -2.71. The first-order valence-electron chi connectivity index (χ1n) is 12.1. The Kier molecular flexibility index (Phi) is 8.97. The van der Waals surface area contributed by atoms with Crippen molar-refractivity contribution in [1.29, 1.82) is 5.26 Å². The molecule has 2 aromatic heterocycles.